The van der Waals surface area contributed by atoms with Gasteiger partial charge in [-0.25, -0.2) is 5.01 Å². The lowest BCUT2D eigenvalue weighted by atomic mass is 10.2. The molecule has 134 valence electrons. The summed E-state index contributed by atoms with van der Waals surface area (Å²) < 4.78 is 0. The van der Waals surface area contributed by atoms with Gasteiger partial charge in [0.1, 0.15) is 0 Å². The van der Waals surface area contributed by atoms with Crippen LogP contribution in [-0.2, 0) is 0 Å². The molecule has 0 spiro atoms. The number of hydrogen-bond acceptors (Lipinski definition) is 6. The predicted molar refractivity (Wildman–Crippen MR) is 111 cm³/mol. The molecule has 27 heavy (non-hydrogen) atoms. The zero-order valence-electron chi connectivity index (χ0n) is 14.6. The molecule has 0 aliphatic carbocycles. The molecule has 2 aromatic heterocycles. The van der Waals surface area contributed by atoms with Gasteiger partial charge in [0, 0.05) is 35.3 Å². The lowest BCUT2D eigenvalue weighted by molar-refractivity contribution is 0.577. The lowest BCUT2D eigenvalue weighted by Crippen LogP contribution is -2.25. The van der Waals surface area contributed by atoms with Crippen LogP contribution < -0.4 is 5.73 Å². The van der Waals surface area contributed by atoms with Crippen molar-refractivity contribution in [2.45, 2.75) is 4.90 Å². The van der Waals surface area contributed by atoms with Gasteiger partial charge in [-0.3, -0.25) is 15.1 Å². The van der Waals surface area contributed by atoms with Gasteiger partial charge in [-0.1, -0.05) is 6.58 Å². The number of H-pyrrole nitrogens is 1. The van der Waals surface area contributed by atoms with E-state index in [0.717, 1.165) is 32.8 Å². The zero-order chi connectivity index (χ0) is 18.8. The molecule has 0 unspecified atom stereocenters. The smallest absolute Gasteiger partial charge is 0.189 e. The maximum Gasteiger partial charge on any atom is 0.189 e. The van der Waals surface area contributed by atoms with Gasteiger partial charge in [-0.05, 0) is 48.2 Å². The van der Waals surface area contributed by atoms with E-state index in [1.807, 2.05) is 36.4 Å². The van der Waals surface area contributed by atoms with Gasteiger partial charge in [-0.15, -0.1) is 0 Å². The molecule has 0 radical (unpaired) electrons. The van der Waals surface area contributed by atoms with E-state index in [0.29, 0.717) is 10.9 Å². The molecule has 7 nitrogen and oxygen atoms in total. The highest BCUT2D eigenvalue weighted by atomic mass is 32.2. The fraction of sp³-hybridized carbons (Fsp3) is 0.0526. The number of thioether (sulfide) groups is 1. The lowest BCUT2D eigenvalue weighted by Gasteiger charge is -2.24. The number of aromatic amines is 1. The topological polar surface area (TPSA) is 95.5 Å². The molecule has 0 bridgehead atoms. The van der Waals surface area contributed by atoms with Crippen molar-refractivity contribution in [2.24, 2.45) is 10.1 Å². The van der Waals surface area contributed by atoms with Crippen LogP contribution in [0.3, 0.4) is 0 Å². The molecule has 3 heterocycles. The minimum Gasteiger partial charge on any atom is -0.397 e. The average molecular weight is 375 g/mol. The third-order valence-corrected chi connectivity index (χ3v) is 5.18. The summed E-state index contributed by atoms with van der Waals surface area (Å²) in [5.74, 6) is 0. The summed E-state index contributed by atoms with van der Waals surface area (Å²) in [5.41, 5.74) is 10.3. The van der Waals surface area contributed by atoms with Crippen molar-refractivity contribution in [3.8, 4) is 0 Å². The van der Waals surface area contributed by atoms with Crippen LogP contribution in [0.2, 0.25) is 0 Å². The number of amidine groups is 1. The number of anilines is 1. The van der Waals surface area contributed by atoms with Crippen molar-refractivity contribution in [3.05, 3.63) is 72.8 Å². The molecular formula is C19H17N7S. The molecule has 3 aromatic rings. The van der Waals surface area contributed by atoms with Crippen LogP contribution in [0.4, 0.5) is 5.69 Å². The van der Waals surface area contributed by atoms with E-state index in [1.165, 1.54) is 11.8 Å². The van der Waals surface area contributed by atoms with Crippen LogP contribution in [0.25, 0.3) is 10.9 Å². The van der Waals surface area contributed by atoms with Crippen LogP contribution in [0.5, 0.6) is 0 Å². The Hall–Kier alpha value is -3.39. The van der Waals surface area contributed by atoms with E-state index in [4.69, 9.17) is 5.73 Å². The van der Waals surface area contributed by atoms with Crippen molar-refractivity contribution in [1.82, 2.24) is 20.2 Å². The number of fused-ring (bicyclic) bond motifs is 1. The van der Waals surface area contributed by atoms with Crippen molar-refractivity contribution in [3.63, 3.8) is 0 Å². The molecule has 8 heteroatoms. The molecule has 1 aromatic carbocycles. The summed E-state index contributed by atoms with van der Waals surface area (Å²) >= 11 is 1.44. The molecule has 0 fully saturated rings. The van der Waals surface area contributed by atoms with E-state index in [2.05, 4.69) is 31.9 Å². The molecule has 0 amide bonds. The Morgan fingerprint density at radius 1 is 1.30 bits per heavy atom. The number of allylic oxidation sites excluding steroid dienone is 2. The standard InChI is InChI=1S/C19H17N7S/c1-12-5-6-15(13-10-23-24-11-13)25-26(12)19(21-2)27-17-8-7-16-14(18(17)20)4-3-9-22-16/h3-11H,1,20H2,2H3,(H,23,24). The number of aromatic nitrogens is 3. The van der Waals surface area contributed by atoms with Gasteiger partial charge in [0.25, 0.3) is 0 Å². The number of pyridine rings is 1. The number of rotatable bonds is 2. The predicted octanol–water partition coefficient (Wildman–Crippen LogP) is 3.41. The Morgan fingerprint density at radius 3 is 2.96 bits per heavy atom. The van der Waals surface area contributed by atoms with Crippen LogP contribution in [0, 0.1) is 0 Å². The number of nitrogens with one attached hydrogen (secondary N) is 1. The monoisotopic (exact) mass is 375 g/mol. The SMILES string of the molecule is C=C1C=CC(c2cn[nH]c2)=NN1C(=NC)Sc1ccc2ncccc2c1N. The van der Waals surface area contributed by atoms with Crippen molar-refractivity contribution < 1.29 is 0 Å². The van der Waals surface area contributed by atoms with Gasteiger partial charge >= 0.3 is 0 Å². The minimum atomic E-state index is 0.667. The fourth-order valence-electron chi connectivity index (χ4n) is 2.69. The number of hydrazone groups is 1. The molecule has 1 aliphatic rings. The Kier molecular flexibility index (Phi) is 4.47. The number of nitrogens with two attached hydrogens (primary N) is 1. The molecule has 0 saturated carbocycles. The van der Waals surface area contributed by atoms with Gasteiger partial charge < -0.3 is 5.73 Å². The Bertz CT molecular complexity index is 1100. The van der Waals surface area contributed by atoms with Gasteiger partial charge in [0.15, 0.2) is 5.17 Å². The van der Waals surface area contributed by atoms with E-state index in [-0.39, 0.29) is 0 Å². The summed E-state index contributed by atoms with van der Waals surface area (Å²) in [6.45, 7) is 4.07. The van der Waals surface area contributed by atoms with E-state index >= 15 is 0 Å². The third-order valence-electron chi connectivity index (χ3n) is 4.07. The summed E-state index contributed by atoms with van der Waals surface area (Å²) in [6.07, 6.45) is 9.06. The van der Waals surface area contributed by atoms with Gasteiger partial charge in [-0.2, -0.15) is 10.2 Å². The van der Waals surface area contributed by atoms with Gasteiger partial charge in [0.05, 0.1) is 28.8 Å². The first-order chi connectivity index (χ1) is 13.2. The highest BCUT2D eigenvalue weighted by Gasteiger charge is 2.20. The first kappa shape index (κ1) is 17.0. The number of nitrogen functional groups attached to an aromatic ring is 1. The molecule has 3 N–H and O–H groups in total. The van der Waals surface area contributed by atoms with Crippen LogP contribution in [0.1, 0.15) is 5.56 Å². The Labute approximate surface area is 160 Å². The summed E-state index contributed by atoms with van der Waals surface area (Å²) in [6, 6.07) is 7.74. The Balaban J connectivity index is 1.67. The molecule has 4 rings (SSSR count). The van der Waals surface area contributed by atoms with E-state index < -0.39 is 0 Å². The van der Waals surface area contributed by atoms with Crippen LogP contribution in [0.15, 0.2) is 82.3 Å². The fourth-order valence-corrected chi connectivity index (χ4v) is 3.58. The first-order valence-corrected chi connectivity index (χ1v) is 9.01. The second-order valence-corrected chi connectivity index (χ2v) is 6.77. The largest absolute Gasteiger partial charge is 0.397 e. The molecule has 0 saturated heterocycles. The highest BCUT2D eigenvalue weighted by molar-refractivity contribution is 8.14. The number of benzene rings is 1. The second kappa shape index (κ2) is 7.08. The molecule has 0 atom stereocenters. The number of nitrogens with zero attached hydrogens (tertiary/aromatic N) is 5. The minimum absolute atomic E-state index is 0.667. The maximum atomic E-state index is 6.37. The molecule has 1 aliphatic heterocycles. The van der Waals surface area contributed by atoms with Crippen LogP contribution >= 0.6 is 11.8 Å². The average Bonchev–Trinajstić information content (AvgIpc) is 3.23. The third kappa shape index (κ3) is 3.22. The van der Waals surface area contributed by atoms with E-state index in [9.17, 15) is 0 Å². The molecular weight excluding hydrogens is 358 g/mol. The number of aliphatic imine (C=N–C) groups is 1. The summed E-state index contributed by atoms with van der Waals surface area (Å²) in [5, 5.41) is 14.7. The maximum absolute atomic E-state index is 6.37. The van der Waals surface area contributed by atoms with Crippen molar-refractivity contribution in [2.75, 3.05) is 12.8 Å². The second-order valence-electron chi connectivity index (χ2n) is 5.76. The van der Waals surface area contributed by atoms with Gasteiger partial charge in [0.2, 0.25) is 0 Å². The Morgan fingerprint density at radius 2 is 2.19 bits per heavy atom. The van der Waals surface area contributed by atoms with Crippen molar-refractivity contribution >= 4 is 39.2 Å². The normalized spacial score (nSPS) is 14.7. The van der Waals surface area contributed by atoms with E-state index in [1.54, 1.807) is 30.6 Å². The number of hydrogen-bond donors (Lipinski definition) is 2. The quantitative estimate of drug-likeness (QED) is 0.310. The summed E-state index contributed by atoms with van der Waals surface area (Å²) in [7, 11) is 1.72. The van der Waals surface area contributed by atoms with Crippen molar-refractivity contribution in [1.29, 1.82) is 0 Å². The first-order valence-electron chi connectivity index (χ1n) is 8.20. The summed E-state index contributed by atoms with van der Waals surface area (Å²) in [4.78, 5) is 9.63. The van der Waals surface area contributed by atoms with Crippen LogP contribution in [-0.4, -0.2) is 38.1 Å². The highest BCUT2D eigenvalue weighted by Crippen LogP contribution is 2.34. The zero-order valence-corrected chi connectivity index (χ0v) is 15.4.